The van der Waals surface area contributed by atoms with Gasteiger partial charge in [0.2, 0.25) is 0 Å². The van der Waals surface area contributed by atoms with Crippen molar-refractivity contribution >= 4 is 5.91 Å². The van der Waals surface area contributed by atoms with Crippen molar-refractivity contribution in [3.8, 4) is 11.8 Å². The number of benzene rings is 1. The minimum atomic E-state index is -0.0784. The van der Waals surface area contributed by atoms with Crippen LogP contribution in [-0.4, -0.2) is 15.7 Å². The molecular weight excluding hydrogens is 262 g/mol. The maximum absolute atomic E-state index is 12.3. The fourth-order valence-electron chi connectivity index (χ4n) is 2.82. The summed E-state index contributed by atoms with van der Waals surface area (Å²) in [5.41, 5.74) is 4.10. The summed E-state index contributed by atoms with van der Waals surface area (Å²) in [4.78, 5) is 12.3. The molecule has 21 heavy (non-hydrogen) atoms. The quantitative estimate of drug-likeness (QED) is 0.857. The fraction of sp³-hybridized carbons (Fsp3) is 0.294. The van der Waals surface area contributed by atoms with Gasteiger partial charge in [0.25, 0.3) is 5.91 Å². The monoisotopic (exact) mass is 279 g/mol. The van der Waals surface area contributed by atoms with Crippen LogP contribution >= 0.6 is 0 Å². The van der Waals surface area contributed by atoms with E-state index in [1.54, 1.807) is 24.0 Å². The number of nitrogens with one attached hydrogen (secondary N) is 1. The molecule has 1 amide bonds. The number of aromatic nitrogens is 2. The van der Waals surface area contributed by atoms with Gasteiger partial charge in [0, 0.05) is 18.8 Å². The lowest BCUT2D eigenvalue weighted by atomic mass is 10.0. The Labute approximate surface area is 124 Å². The summed E-state index contributed by atoms with van der Waals surface area (Å²) in [5, 5.41) is 7.12. The van der Waals surface area contributed by atoms with Crippen LogP contribution in [0.3, 0.4) is 0 Å². The van der Waals surface area contributed by atoms with E-state index in [1.807, 2.05) is 13.0 Å². The number of aryl methyl sites for hydroxylation is 2. The zero-order valence-electron chi connectivity index (χ0n) is 12.2. The number of amides is 1. The molecule has 0 spiro atoms. The predicted octanol–water partition coefficient (Wildman–Crippen LogP) is 2.21. The molecule has 0 radical (unpaired) electrons. The van der Waals surface area contributed by atoms with Crippen molar-refractivity contribution in [2.24, 2.45) is 7.05 Å². The Morgan fingerprint density at radius 1 is 1.43 bits per heavy atom. The number of hydrogen-bond donors (Lipinski definition) is 1. The van der Waals surface area contributed by atoms with Gasteiger partial charge in [0.1, 0.15) is 5.69 Å². The first-order valence-corrected chi connectivity index (χ1v) is 7.03. The zero-order valence-corrected chi connectivity index (χ0v) is 12.2. The molecule has 0 aliphatic heterocycles. The van der Waals surface area contributed by atoms with Gasteiger partial charge in [-0.1, -0.05) is 12.0 Å². The first kappa shape index (κ1) is 13.4. The summed E-state index contributed by atoms with van der Waals surface area (Å²) in [5.74, 6) is 5.91. The number of carbonyl (C=O) groups excluding carboxylic acids is 1. The van der Waals surface area contributed by atoms with Gasteiger partial charge in [0.15, 0.2) is 0 Å². The Balaban J connectivity index is 1.80. The van der Waals surface area contributed by atoms with Gasteiger partial charge < -0.3 is 5.32 Å². The van der Waals surface area contributed by atoms with Gasteiger partial charge in [-0.3, -0.25) is 9.48 Å². The molecule has 1 aliphatic carbocycles. The van der Waals surface area contributed by atoms with E-state index in [0.29, 0.717) is 5.69 Å². The molecule has 1 aromatic heterocycles. The molecule has 1 atom stereocenters. The Kier molecular flexibility index (Phi) is 3.49. The van der Waals surface area contributed by atoms with Gasteiger partial charge in [0.05, 0.1) is 6.04 Å². The second-order valence-corrected chi connectivity index (χ2v) is 5.19. The van der Waals surface area contributed by atoms with Crippen LogP contribution in [0.15, 0.2) is 30.5 Å². The minimum absolute atomic E-state index is 0.0750. The van der Waals surface area contributed by atoms with E-state index in [2.05, 4.69) is 34.4 Å². The smallest absolute Gasteiger partial charge is 0.270 e. The Morgan fingerprint density at radius 2 is 2.29 bits per heavy atom. The molecule has 0 unspecified atom stereocenters. The predicted molar refractivity (Wildman–Crippen MR) is 80.7 cm³/mol. The molecule has 1 heterocycles. The van der Waals surface area contributed by atoms with Crippen molar-refractivity contribution in [1.82, 2.24) is 15.1 Å². The molecule has 0 bridgehead atoms. The van der Waals surface area contributed by atoms with E-state index in [4.69, 9.17) is 0 Å². The summed E-state index contributed by atoms with van der Waals surface area (Å²) < 4.78 is 1.59. The summed E-state index contributed by atoms with van der Waals surface area (Å²) in [6.07, 6.45) is 3.54. The fourth-order valence-corrected chi connectivity index (χ4v) is 2.82. The Hall–Kier alpha value is -2.54. The van der Waals surface area contributed by atoms with Crippen LogP contribution in [0.1, 0.15) is 46.6 Å². The lowest BCUT2D eigenvalue weighted by Crippen LogP contribution is -2.28. The average Bonchev–Trinajstić information content (AvgIpc) is 3.06. The highest BCUT2D eigenvalue weighted by Crippen LogP contribution is 2.31. The lowest BCUT2D eigenvalue weighted by molar-refractivity contribution is 0.0927. The van der Waals surface area contributed by atoms with E-state index >= 15 is 0 Å². The average molecular weight is 279 g/mol. The van der Waals surface area contributed by atoms with Crippen molar-refractivity contribution in [3.05, 3.63) is 52.8 Å². The third-order valence-corrected chi connectivity index (χ3v) is 3.85. The van der Waals surface area contributed by atoms with Crippen molar-refractivity contribution < 1.29 is 4.79 Å². The largest absolute Gasteiger partial charge is 0.344 e. The van der Waals surface area contributed by atoms with Crippen LogP contribution < -0.4 is 5.32 Å². The lowest BCUT2D eigenvalue weighted by Gasteiger charge is -2.14. The van der Waals surface area contributed by atoms with Crippen LogP contribution in [0.4, 0.5) is 0 Å². The first-order valence-electron chi connectivity index (χ1n) is 7.03. The standard InChI is InChI=1S/C17H17N3O/c1-3-4-12-5-7-14-13(11-12)6-8-15(14)19-17(21)16-9-10-18-20(16)2/h5,7,9-11,15H,6,8H2,1-2H3,(H,19,21)/t15-/m1/s1. The number of nitrogens with zero attached hydrogens (tertiary/aromatic N) is 2. The highest BCUT2D eigenvalue weighted by atomic mass is 16.2. The van der Waals surface area contributed by atoms with Crippen molar-refractivity contribution in [1.29, 1.82) is 0 Å². The van der Waals surface area contributed by atoms with E-state index in [1.165, 1.54) is 11.1 Å². The molecule has 0 fully saturated rings. The van der Waals surface area contributed by atoms with Crippen LogP contribution in [0, 0.1) is 11.8 Å². The highest BCUT2D eigenvalue weighted by molar-refractivity contribution is 5.92. The first-order chi connectivity index (χ1) is 10.2. The summed E-state index contributed by atoms with van der Waals surface area (Å²) in [7, 11) is 1.77. The maximum atomic E-state index is 12.3. The molecule has 1 N–H and O–H groups in total. The van der Waals surface area contributed by atoms with Gasteiger partial charge in [-0.25, -0.2) is 0 Å². The third kappa shape index (κ3) is 2.55. The van der Waals surface area contributed by atoms with E-state index in [9.17, 15) is 4.79 Å². The molecule has 1 aromatic carbocycles. The normalized spacial score (nSPS) is 16.0. The van der Waals surface area contributed by atoms with Crippen LogP contribution in [0.25, 0.3) is 0 Å². The van der Waals surface area contributed by atoms with Crippen LogP contribution in [0.5, 0.6) is 0 Å². The molecule has 106 valence electrons. The van der Waals surface area contributed by atoms with E-state index < -0.39 is 0 Å². The molecular formula is C17H17N3O. The Bertz CT molecular complexity index is 749. The molecule has 3 rings (SSSR count). The second-order valence-electron chi connectivity index (χ2n) is 5.19. The molecule has 0 saturated heterocycles. The summed E-state index contributed by atoms with van der Waals surface area (Å²) in [6.45, 7) is 1.84. The molecule has 1 aliphatic rings. The number of rotatable bonds is 2. The zero-order chi connectivity index (χ0) is 14.8. The van der Waals surface area contributed by atoms with Crippen LogP contribution in [-0.2, 0) is 13.5 Å². The van der Waals surface area contributed by atoms with Crippen LogP contribution in [0.2, 0.25) is 0 Å². The maximum Gasteiger partial charge on any atom is 0.270 e. The van der Waals surface area contributed by atoms with Gasteiger partial charge in [-0.05, 0) is 49.1 Å². The molecule has 4 heteroatoms. The molecule has 0 saturated carbocycles. The van der Waals surface area contributed by atoms with Gasteiger partial charge >= 0.3 is 0 Å². The Morgan fingerprint density at radius 3 is 3.00 bits per heavy atom. The SMILES string of the molecule is CC#Cc1ccc2c(c1)CC[C@H]2NC(=O)c1ccnn1C. The number of carbonyl (C=O) groups is 1. The van der Waals surface area contributed by atoms with E-state index in [-0.39, 0.29) is 11.9 Å². The van der Waals surface area contributed by atoms with Crippen molar-refractivity contribution in [2.75, 3.05) is 0 Å². The topological polar surface area (TPSA) is 46.9 Å². The second kappa shape index (κ2) is 5.45. The van der Waals surface area contributed by atoms with Crippen molar-refractivity contribution in [2.45, 2.75) is 25.8 Å². The highest BCUT2D eigenvalue weighted by Gasteiger charge is 2.25. The molecule has 2 aromatic rings. The number of fused-ring (bicyclic) bond motifs is 1. The number of hydrogen-bond acceptors (Lipinski definition) is 2. The minimum Gasteiger partial charge on any atom is -0.344 e. The van der Waals surface area contributed by atoms with Gasteiger partial charge in [-0.2, -0.15) is 5.10 Å². The van der Waals surface area contributed by atoms with Crippen molar-refractivity contribution in [3.63, 3.8) is 0 Å². The summed E-state index contributed by atoms with van der Waals surface area (Å²) in [6, 6.07) is 8.03. The summed E-state index contributed by atoms with van der Waals surface area (Å²) >= 11 is 0. The molecule has 4 nitrogen and oxygen atoms in total. The third-order valence-electron chi connectivity index (χ3n) is 3.85. The van der Waals surface area contributed by atoms with E-state index in [0.717, 1.165) is 18.4 Å². The van der Waals surface area contributed by atoms with Gasteiger partial charge in [-0.15, -0.1) is 5.92 Å².